The van der Waals surface area contributed by atoms with E-state index in [0.717, 1.165) is 0 Å². The van der Waals surface area contributed by atoms with E-state index in [4.69, 9.17) is 0 Å². The first kappa shape index (κ1) is 8.44. The molecule has 1 rings (SSSR count). The van der Waals surface area contributed by atoms with E-state index >= 15 is 0 Å². The first-order valence-corrected chi connectivity index (χ1v) is 4.10. The van der Waals surface area contributed by atoms with Gasteiger partial charge in [0.15, 0.2) is 0 Å². The third-order valence-electron chi connectivity index (χ3n) is 2.70. The van der Waals surface area contributed by atoms with Crippen molar-refractivity contribution in [3.05, 3.63) is 0 Å². The molecular formula is C9H14O2. The van der Waals surface area contributed by atoms with Gasteiger partial charge in [-0.05, 0) is 0 Å². The van der Waals surface area contributed by atoms with Gasteiger partial charge in [-0.15, -0.1) is 0 Å². The summed E-state index contributed by atoms with van der Waals surface area (Å²) in [6.45, 7) is 5.53. The van der Waals surface area contributed by atoms with Crippen LogP contribution in [0.3, 0.4) is 0 Å². The molecule has 0 bridgehead atoms. The van der Waals surface area contributed by atoms with E-state index in [9.17, 15) is 9.59 Å². The smallest absolute Gasteiger partial charge is 0.139 e. The van der Waals surface area contributed by atoms with Gasteiger partial charge in [-0.25, -0.2) is 0 Å². The van der Waals surface area contributed by atoms with Crippen LogP contribution in [0.2, 0.25) is 0 Å². The zero-order valence-corrected chi connectivity index (χ0v) is 7.26. The van der Waals surface area contributed by atoms with Crippen molar-refractivity contribution in [1.29, 1.82) is 0 Å². The number of carbonyl (C=O) groups excluding carboxylic acids is 2. The fourth-order valence-electron chi connectivity index (χ4n) is 1.56. The first-order valence-electron chi connectivity index (χ1n) is 4.10. The molecule has 1 aliphatic rings. The van der Waals surface area contributed by atoms with Crippen LogP contribution in [0.25, 0.3) is 0 Å². The summed E-state index contributed by atoms with van der Waals surface area (Å²) in [5.41, 5.74) is 0. The van der Waals surface area contributed by atoms with Crippen molar-refractivity contribution in [2.24, 2.45) is 17.8 Å². The van der Waals surface area contributed by atoms with Crippen LogP contribution in [0.1, 0.15) is 27.2 Å². The monoisotopic (exact) mass is 154 g/mol. The summed E-state index contributed by atoms with van der Waals surface area (Å²) >= 11 is 0. The maximum Gasteiger partial charge on any atom is 0.139 e. The van der Waals surface area contributed by atoms with Crippen LogP contribution in [-0.4, -0.2) is 11.6 Å². The van der Waals surface area contributed by atoms with E-state index in [1.165, 1.54) is 0 Å². The molecule has 0 heterocycles. The normalized spacial score (nSPS) is 39.4. The summed E-state index contributed by atoms with van der Waals surface area (Å²) < 4.78 is 0. The SMILES string of the molecule is CC1CC(=O)C(C)C(C)C1=O. The van der Waals surface area contributed by atoms with Gasteiger partial charge in [-0.2, -0.15) is 0 Å². The van der Waals surface area contributed by atoms with Crippen LogP contribution in [0, 0.1) is 17.8 Å². The van der Waals surface area contributed by atoms with Crippen molar-refractivity contribution in [2.75, 3.05) is 0 Å². The van der Waals surface area contributed by atoms with Crippen LogP contribution < -0.4 is 0 Å². The highest BCUT2D eigenvalue weighted by atomic mass is 16.1. The van der Waals surface area contributed by atoms with E-state index in [-0.39, 0.29) is 29.3 Å². The van der Waals surface area contributed by atoms with E-state index < -0.39 is 0 Å². The second-order valence-corrected chi connectivity index (χ2v) is 3.55. The van der Waals surface area contributed by atoms with Gasteiger partial charge in [0.2, 0.25) is 0 Å². The molecular weight excluding hydrogens is 140 g/mol. The first-order chi connectivity index (χ1) is 5.04. The molecule has 2 nitrogen and oxygen atoms in total. The third kappa shape index (κ3) is 1.35. The lowest BCUT2D eigenvalue weighted by Crippen LogP contribution is -2.36. The average molecular weight is 154 g/mol. The molecule has 1 aliphatic carbocycles. The van der Waals surface area contributed by atoms with Gasteiger partial charge < -0.3 is 0 Å². The highest BCUT2D eigenvalue weighted by molar-refractivity contribution is 5.97. The molecule has 0 spiro atoms. The Labute approximate surface area is 67.0 Å². The zero-order chi connectivity index (χ0) is 8.59. The lowest BCUT2D eigenvalue weighted by Gasteiger charge is -2.27. The van der Waals surface area contributed by atoms with Gasteiger partial charge in [0.05, 0.1) is 0 Å². The standard InChI is InChI=1S/C9H14O2/c1-5-4-8(10)6(2)7(3)9(5)11/h5-7H,4H2,1-3H3. The summed E-state index contributed by atoms with van der Waals surface area (Å²) in [7, 11) is 0. The Morgan fingerprint density at radius 2 is 1.64 bits per heavy atom. The van der Waals surface area contributed by atoms with Crippen molar-refractivity contribution in [3.8, 4) is 0 Å². The molecule has 0 aromatic heterocycles. The molecule has 0 aromatic rings. The fraction of sp³-hybridized carbons (Fsp3) is 0.778. The summed E-state index contributed by atoms with van der Waals surface area (Å²) in [5, 5.41) is 0. The number of carbonyl (C=O) groups is 2. The molecule has 0 aliphatic heterocycles. The highest BCUT2D eigenvalue weighted by Gasteiger charge is 2.35. The van der Waals surface area contributed by atoms with E-state index in [1.54, 1.807) is 0 Å². The summed E-state index contributed by atoms with van der Waals surface area (Å²) in [4.78, 5) is 22.5. The fourth-order valence-corrected chi connectivity index (χ4v) is 1.56. The molecule has 0 radical (unpaired) electrons. The van der Waals surface area contributed by atoms with Crippen molar-refractivity contribution >= 4 is 11.6 Å². The Balaban J connectivity index is 2.78. The summed E-state index contributed by atoms with van der Waals surface area (Å²) in [6, 6.07) is 0. The van der Waals surface area contributed by atoms with E-state index in [1.807, 2.05) is 20.8 Å². The Morgan fingerprint density at radius 1 is 1.09 bits per heavy atom. The van der Waals surface area contributed by atoms with Crippen molar-refractivity contribution in [1.82, 2.24) is 0 Å². The lowest BCUT2D eigenvalue weighted by molar-refractivity contribution is -0.140. The van der Waals surface area contributed by atoms with Crippen LogP contribution in [0.15, 0.2) is 0 Å². The predicted molar refractivity (Wildman–Crippen MR) is 42.1 cm³/mol. The van der Waals surface area contributed by atoms with Crippen LogP contribution in [0.4, 0.5) is 0 Å². The number of hydrogen-bond donors (Lipinski definition) is 0. The van der Waals surface area contributed by atoms with E-state index in [0.29, 0.717) is 6.42 Å². The van der Waals surface area contributed by atoms with Gasteiger partial charge >= 0.3 is 0 Å². The van der Waals surface area contributed by atoms with Crippen molar-refractivity contribution in [2.45, 2.75) is 27.2 Å². The number of rotatable bonds is 0. The minimum atomic E-state index is -0.0637. The van der Waals surface area contributed by atoms with Crippen LogP contribution in [0.5, 0.6) is 0 Å². The second kappa shape index (κ2) is 2.76. The molecule has 0 amide bonds. The molecule has 11 heavy (non-hydrogen) atoms. The van der Waals surface area contributed by atoms with Gasteiger partial charge in [-0.3, -0.25) is 9.59 Å². The molecule has 0 N–H and O–H groups in total. The average Bonchev–Trinajstić information content (AvgIpc) is 1.97. The lowest BCUT2D eigenvalue weighted by atomic mass is 9.75. The largest absolute Gasteiger partial charge is 0.299 e. The number of Topliss-reactive ketones (excluding diaryl/α,β-unsaturated/α-hetero) is 2. The molecule has 3 atom stereocenters. The summed E-state index contributed by atoms with van der Waals surface area (Å²) in [5.74, 6) is 0.320. The Bertz CT molecular complexity index is 196. The van der Waals surface area contributed by atoms with Crippen LogP contribution in [-0.2, 0) is 9.59 Å². The maximum atomic E-state index is 11.3. The quantitative estimate of drug-likeness (QED) is 0.529. The second-order valence-electron chi connectivity index (χ2n) is 3.55. The molecule has 1 saturated carbocycles. The van der Waals surface area contributed by atoms with Gasteiger partial charge in [0, 0.05) is 24.2 Å². The Morgan fingerprint density at radius 3 is 2.18 bits per heavy atom. The molecule has 2 heteroatoms. The number of ketones is 2. The zero-order valence-electron chi connectivity index (χ0n) is 7.26. The Kier molecular flexibility index (Phi) is 2.12. The maximum absolute atomic E-state index is 11.3. The van der Waals surface area contributed by atoms with E-state index in [2.05, 4.69) is 0 Å². The molecule has 62 valence electrons. The molecule has 3 unspecified atom stereocenters. The van der Waals surface area contributed by atoms with Crippen LogP contribution >= 0.6 is 0 Å². The minimum Gasteiger partial charge on any atom is -0.299 e. The molecule has 0 saturated heterocycles. The topological polar surface area (TPSA) is 34.1 Å². The minimum absolute atomic E-state index is 0.0475. The molecule has 1 fully saturated rings. The number of hydrogen-bond acceptors (Lipinski definition) is 2. The molecule has 0 aromatic carbocycles. The van der Waals surface area contributed by atoms with Crippen molar-refractivity contribution < 1.29 is 9.59 Å². The highest BCUT2D eigenvalue weighted by Crippen LogP contribution is 2.27. The summed E-state index contributed by atoms with van der Waals surface area (Å²) in [6.07, 6.45) is 0.449. The van der Waals surface area contributed by atoms with Gasteiger partial charge in [0.25, 0.3) is 0 Å². The third-order valence-corrected chi connectivity index (χ3v) is 2.70. The van der Waals surface area contributed by atoms with Crippen molar-refractivity contribution in [3.63, 3.8) is 0 Å². The van der Waals surface area contributed by atoms with Gasteiger partial charge in [-0.1, -0.05) is 20.8 Å². The van der Waals surface area contributed by atoms with Gasteiger partial charge in [0.1, 0.15) is 11.6 Å². The Hall–Kier alpha value is -0.660. The predicted octanol–water partition coefficient (Wildman–Crippen LogP) is 1.44.